The minimum Gasteiger partial charge on any atom is -0.489 e. The third-order valence-electron chi connectivity index (χ3n) is 7.05. The molecule has 2 aromatic carbocycles. The van der Waals surface area contributed by atoms with Gasteiger partial charge in [-0.2, -0.15) is 5.10 Å². The molecule has 1 aliphatic carbocycles. The number of halogens is 1. The fourth-order valence-electron chi connectivity index (χ4n) is 4.75. The number of hydrazone groups is 1. The smallest absolute Gasteiger partial charge is 0.182 e. The number of anilines is 1. The van der Waals surface area contributed by atoms with Gasteiger partial charge in [-0.05, 0) is 71.1 Å². The van der Waals surface area contributed by atoms with Gasteiger partial charge >= 0.3 is 0 Å². The molecule has 40 heavy (non-hydrogen) atoms. The van der Waals surface area contributed by atoms with Gasteiger partial charge in [0.15, 0.2) is 5.84 Å². The third kappa shape index (κ3) is 7.25. The van der Waals surface area contributed by atoms with Crippen LogP contribution in [0.25, 0.3) is 21.7 Å². The van der Waals surface area contributed by atoms with Gasteiger partial charge in [0.25, 0.3) is 0 Å². The van der Waals surface area contributed by atoms with Crippen LogP contribution >= 0.6 is 20.6 Å². The lowest BCUT2D eigenvalue weighted by Crippen LogP contribution is -2.14. The zero-order valence-corrected chi connectivity index (χ0v) is 24.3. The molecule has 10 heteroatoms. The van der Waals surface area contributed by atoms with Crippen molar-refractivity contribution in [2.45, 2.75) is 57.6 Å². The summed E-state index contributed by atoms with van der Waals surface area (Å²) in [4.78, 5) is 9.26. The van der Waals surface area contributed by atoms with Crippen molar-refractivity contribution in [3.05, 3.63) is 71.0 Å². The highest BCUT2D eigenvalue weighted by Crippen LogP contribution is 2.32. The van der Waals surface area contributed by atoms with E-state index in [1.165, 1.54) is 24.8 Å². The van der Waals surface area contributed by atoms with Crippen LogP contribution in [-0.2, 0) is 6.54 Å². The first-order valence-electron chi connectivity index (χ1n) is 13.9. The molecule has 0 atom stereocenters. The summed E-state index contributed by atoms with van der Waals surface area (Å²) >= 11 is 6.37. The highest BCUT2D eigenvalue weighted by atomic mass is 35.5. The molecule has 2 heterocycles. The quantitative estimate of drug-likeness (QED) is 0.0282. The summed E-state index contributed by atoms with van der Waals surface area (Å²) in [6, 6.07) is 14.0. The Morgan fingerprint density at radius 1 is 1.00 bits per heavy atom. The normalized spacial score (nSPS) is 13.6. The minimum absolute atomic E-state index is 0.362. The van der Waals surface area contributed by atoms with Crippen molar-refractivity contribution in [2.24, 2.45) is 15.7 Å². The molecule has 8 nitrogen and oxygen atoms in total. The van der Waals surface area contributed by atoms with E-state index < -0.39 is 0 Å². The molecule has 208 valence electrons. The van der Waals surface area contributed by atoms with Crippen molar-refractivity contribution in [1.29, 1.82) is 0 Å². The summed E-state index contributed by atoms with van der Waals surface area (Å²) in [5, 5.41) is 14.7. The lowest BCUT2D eigenvalue weighted by atomic mass is 10.1. The van der Waals surface area contributed by atoms with Crippen molar-refractivity contribution in [2.75, 3.05) is 18.4 Å². The van der Waals surface area contributed by atoms with E-state index in [0.717, 1.165) is 84.1 Å². The van der Waals surface area contributed by atoms with E-state index in [9.17, 15) is 0 Å². The van der Waals surface area contributed by atoms with Crippen molar-refractivity contribution in [1.82, 2.24) is 15.3 Å². The molecule has 4 aromatic rings. The highest BCUT2D eigenvalue weighted by Gasteiger charge is 2.24. The molecular weight excluding hydrogens is 541 g/mol. The average Bonchev–Trinajstić information content (AvgIpc) is 3.80. The molecule has 0 saturated heterocycles. The van der Waals surface area contributed by atoms with Gasteiger partial charge in [0, 0.05) is 47.2 Å². The van der Waals surface area contributed by atoms with Crippen molar-refractivity contribution < 1.29 is 4.74 Å². The zero-order valence-electron chi connectivity index (χ0n) is 22.5. The Morgan fingerprint density at radius 2 is 1.82 bits per heavy atom. The minimum atomic E-state index is 0.362. The Morgan fingerprint density at radius 3 is 2.60 bits per heavy atom. The molecule has 5 rings (SSSR count). The second-order valence-electron chi connectivity index (χ2n) is 10.1. The van der Waals surface area contributed by atoms with Crippen molar-refractivity contribution in [3.63, 3.8) is 0 Å². The predicted molar refractivity (Wildman–Crippen MR) is 167 cm³/mol. The second-order valence-corrected chi connectivity index (χ2v) is 10.8. The van der Waals surface area contributed by atoms with E-state index in [-0.39, 0.29) is 0 Å². The van der Waals surface area contributed by atoms with Gasteiger partial charge in [0.05, 0.1) is 16.6 Å². The van der Waals surface area contributed by atoms with Crippen molar-refractivity contribution >= 4 is 54.0 Å². The number of amidine groups is 1. The van der Waals surface area contributed by atoms with Gasteiger partial charge in [-0.1, -0.05) is 49.1 Å². The molecule has 0 radical (unpaired) electrons. The maximum absolute atomic E-state index is 6.37. The van der Waals surface area contributed by atoms with Gasteiger partial charge in [-0.25, -0.2) is 9.73 Å². The number of unbranched alkanes of at least 4 members (excludes halogenated alkanes) is 4. The van der Waals surface area contributed by atoms with E-state index >= 15 is 0 Å². The molecule has 0 bridgehead atoms. The number of benzene rings is 2. The van der Waals surface area contributed by atoms with Crippen LogP contribution < -0.4 is 21.2 Å². The Hall–Kier alpha value is -3.32. The second kappa shape index (κ2) is 13.8. The molecular formula is C30H35ClN7OP. The van der Waals surface area contributed by atoms with E-state index in [2.05, 4.69) is 40.6 Å². The maximum atomic E-state index is 6.37. The van der Waals surface area contributed by atoms with Crippen LogP contribution in [-0.4, -0.2) is 35.0 Å². The lowest BCUT2D eigenvalue weighted by molar-refractivity contribution is 0.303. The summed E-state index contributed by atoms with van der Waals surface area (Å²) in [6.45, 7) is 2.68. The van der Waals surface area contributed by atoms with Crippen LogP contribution in [0.1, 0.15) is 56.1 Å². The monoisotopic (exact) mass is 575 g/mol. The number of fused-ring (bicyclic) bond motifs is 3. The number of hydrogen-bond acceptors (Lipinski definition) is 7. The number of rotatable bonds is 14. The van der Waals surface area contributed by atoms with Crippen LogP contribution in [0.4, 0.5) is 5.82 Å². The molecule has 1 fully saturated rings. The van der Waals surface area contributed by atoms with E-state index in [4.69, 9.17) is 27.2 Å². The molecule has 1 saturated carbocycles. The zero-order chi connectivity index (χ0) is 27.7. The summed E-state index contributed by atoms with van der Waals surface area (Å²) in [5.74, 6) is 7.55. The van der Waals surface area contributed by atoms with E-state index in [1.54, 1.807) is 6.20 Å². The highest BCUT2D eigenvalue weighted by molar-refractivity contribution is 7.05. The molecule has 1 aliphatic rings. The van der Waals surface area contributed by atoms with Crippen LogP contribution in [0.2, 0.25) is 5.02 Å². The molecule has 0 unspecified atom stereocenters. The molecule has 0 aliphatic heterocycles. The van der Waals surface area contributed by atoms with Crippen LogP contribution in [0, 0.1) is 0 Å². The maximum Gasteiger partial charge on any atom is 0.182 e. The topological polar surface area (TPSA) is 110 Å². The Bertz CT molecular complexity index is 1510. The first-order chi connectivity index (χ1) is 19.7. The fourth-order valence-corrected chi connectivity index (χ4v) is 5.18. The Labute approximate surface area is 242 Å². The van der Waals surface area contributed by atoms with Crippen LogP contribution in [0.15, 0.2) is 64.7 Å². The Kier molecular flexibility index (Phi) is 9.76. The summed E-state index contributed by atoms with van der Waals surface area (Å²) in [6.07, 6.45) is 12.1. The van der Waals surface area contributed by atoms with E-state index in [0.29, 0.717) is 17.0 Å². The SMILES string of the molecule is NN=C(N=P)c1ccc2c(c1)nc(NCCCCCCCNCc1ccc(OC3CC3)c(Cl)c1)c1ccncc12. The average molecular weight is 576 g/mol. The summed E-state index contributed by atoms with van der Waals surface area (Å²) in [5.41, 5.74) is 2.82. The number of hydrogen-bond donors (Lipinski definition) is 3. The first-order valence-corrected chi connectivity index (χ1v) is 14.7. The standard InChI is InChI=1S/C30H35ClN7OP/c31-26-16-20(6-11-28(26)39-22-8-9-22)18-33-13-4-2-1-3-5-14-35-30-24-12-15-34-19-25(24)23-10-7-21(17-27(23)36-30)29(37-32)38-40/h6-7,10-12,15-17,19,22,33,40H,1-5,8-9,13-14,18,32H2,(H,35,36). The summed E-state index contributed by atoms with van der Waals surface area (Å²) in [7, 11) is 3.14. The summed E-state index contributed by atoms with van der Waals surface area (Å²) < 4.78 is 9.78. The number of nitrogens with zero attached hydrogens (tertiary/aromatic N) is 4. The predicted octanol–water partition coefficient (Wildman–Crippen LogP) is 7.08. The van der Waals surface area contributed by atoms with Gasteiger partial charge in [0.1, 0.15) is 11.6 Å². The number of aromatic nitrogens is 2. The van der Waals surface area contributed by atoms with Crippen molar-refractivity contribution in [3.8, 4) is 5.75 Å². The molecule has 0 spiro atoms. The first kappa shape index (κ1) is 28.2. The molecule has 4 N–H and O–H groups in total. The van der Waals surface area contributed by atoms with Gasteiger partial charge < -0.3 is 21.2 Å². The molecule has 2 aromatic heterocycles. The fraction of sp³-hybridized carbons (Fsp3) is 0.367. The number of nitrogens with two attached hydrogens (primary N) is 1. The number of ether oxygens (including phenoxy) is 1. The van der Waals surface area contributed by atoms with Crippen LogP contribution in [0.5, 0.6) is 5.75 Å². The Balaban J connectivity index is 1.04. The largest absolute Gasteiger partial charge is 0.489 e. The van der Waals surface area contributed by atoms with Gasteiger partial charge in [-0.15, -0.1) is 0 Å². The van der Waals surface area contributed by atoms with Gasteiger partial charge in [-0.3, -0.25) is 4.98 Å². The van der Waals surface area contributed by atoms with Gasteiger partial charge in [0.2, 0.25) is 0 Å². The van der Waals surface area contributed by atoms with E-state index in [1.807, 2.05) is 42.6 Å². The molecule has 0 amide bonds. The number of pyridine rings is 2. The third-order valence-corrected chi connectivity index (χ3v) is 7.56. The number of nitrogens with one attached hydrogen (secondary N) is 2. The van der Waals surface area contributed by atoms with Crippen LogP contribution in [0.3, 0.4) is 0 Å². The lowest BCUT2D eigenvalue weighted by Gasteiger charge is -2.12.